The Bertz CT molecular complexity index is 636. The third-order valence-electron chi connectivity index (χ3n) is 3.37. The van der Waals surface area contributed by atoms with Crippen molar-refractivity contribution in [3.63, 3.8) is 0 Å². The van der Waals surface area contributed by atoms with Gasteiger partial charge in [-0.3, -0.25) is 0 Å². The fraction of sp³-hybridized carbons (Fsp3) is 0.267. The van der Waals surface area contributed by atoms with Crippen LogP contribution in [0.3, 0.4) is 0 Å². The van der Waals surface area contributed by atoms with Crippen LogP contribution in [0.25, 0.3) is 0 Å². The molecule has 6 nitrogen and oxygen atoms in total. The molecule has 1 unspecified atom stereocenters. The molecular formula is C15H15FN4O2. The molecule has 0 radical (unpaired) electrons. The summed E-state index contributed by atoms with van der Waals surface area (Å²) in [4.78, 5) is 21.6. The summed E-state index contributed by atoms with van der Waals surface area (Å²) in [5, 5.41) is 2.73. The number of nitrogens with zero attached hydrogens (tertiary/aromatic N) is 3. The van der Waals surface area contributed by atoms with Gasteiger partial charge in [0.05, 0.1) is 6.54 Å². The van der Waals surface area contributed by atoms with Crippen molar-refractivity contribution in [1.29, 1.82) is 0 Å². The number of hydrogen-bond donors (Lipinski definition) is 1. The zero-order valence-electron chi connectivity index (χ0n) is 11.8. The minimum absolute atomic E-state index is 0.0890. The third-order valence-corrected chi connectivity index (χ3v) is 3.37. The molecule has 3 rings (SSSR count). The summed E-state index contributed by atoms with van der Waals surface area (Å²) in [7, 11) is 0. The molecule has 1 aliphatic heterocycles. The molecule has 0 aliphatic carbocycles. The van der Waals surface area contributed by atoms with Crippen molar-refractivity contribution in [2.75, 3.05) is 18.4 Å². The second-order valence-corrected chi connectivity index (χ2v) is 4.96. The SMILES string of the molecule is O=C(Nc1ccc(F)cc1)N1CCC(Oc2ccncn2)C1. The number of aromatic nitrogens is 2. The van der Waals surface area contributed by atoms with Crippen LogP contribution in [-0.4, -0.2) is 40.1 Å². The molecule has 2 amide bonds. The predicted octanol–water partition coefficient (Wildman–Crippen LogP) is 2.30. The number of rotatable bonds is 3. The van der Waals surface area contributed by atoms with E-state index in [-0.39, 0.29) is 18.0 Å². The zero-order valence-corrected chi connectivity index (χ0v) is 11.8. The number of likely N-dealkylation sites (tertiary alicyclic amines) is 1. The molecule has 22 heavy (non-hydrogen) atoms. The summed E-state index contributed by atoms with van der Waals surface area (Å²) in [6, 6.07) is 7.12. The maximum absolute atomic E-state index is 12.8. The summed E-state index contributed by atoms with van der Waals surface area (Å²) in [5.41, 5.74) is 0.562. The van der Waals surface area contributed by atoms with Gasteiger partial charge in [0.2, 0.25) is 5.88 Å². The lowest BCUT2D eigenvalue weighted by Crippen LogP contribution is -2.34. The fourth-order valence-corrected chi connectivity index (χ4v) is 2.26. The van der Waals surface area contributed by atoms with E-state index in [9.17, 15) is 9.18 Å². The van der Waals surface area contributed by atoms with Crippen molar-refractivity contribution in [3.05, 3.63) is 48.7 Å². The Morgan fingerprint density at radius 3 is 2.86 bits per heavy atom. The predicted molar refractivity (Wildman–Crippen MR) is 78.1 cm³/mol. The summed E-state index contributed by atoms with van der Waals surface area (Å²) in [5.74, 6) is 0.165. The lowest BCUT2D eigenvalue weighted by atomic mass is 10.3. The standard InChI is InChI=1S/C15H15FN4O2/c16-11-1-3-12(4-2-11)19-15(21)20-8-6-13(9-20)22-14-5-7-17-10-18-14/h1-5,7,10,13H,6,8-9H2,(H,19,21). The highest BCUT2D eigenvalue weighted by Crippen LogP contribution is 2.17. The summed E-state index contributed by atoms with van der Waals surface area (Å²) in [6.45, 7) is 1.08. The first-order valence-corrected chi connectivity index (χ1v) is 6.95. The van der Waals surface area contributed by atoms with E-state index in [4.69, 9.17) is 4.74 Å². The Labute approximate surface area is 126 Å². The number of halogens is 1. The number of anilines is 1. The second kappa shape index (κ2) is 6.38. The van der Waals surface area contributed by atoms with Gasteiger partial charge in [-0.15, -0.1) is 0 Å². The number of ether oxygens (including phenoxy) is 1. The van der Waals surface area contributed by atoms with Crippen LogP contribution < -0.4 is 10.1 Å². The molecule has 1 N–H and O–H groups in total. The summed E-state index contributed by atoms with van der Waals surface area (Å²) in [6.07, 6.45) is 3.68. The first-order valence-electron chi connectivity index (χ1n) is 6.95. The van der Waals surface area contributed by atoms with Crippen LogP contribution in [0.4, 0.5) is 14.9 Å². The smallest absolute Gasteiger partial charge is 0.321 e. The van der Waals surface area contributed by atoms with Gasteiger partial charge in [0, 0.05) is 30.9 Å². The van der Waals surface area contributed by atoms with Crippen molar-refractivity contribution in [2.24, 2.45) is 0 Å². The molecule has 2 heterocycles. The number of hydrogen-bond acceptors (Lipinski definition) is 4. The first kappa shape index (κ1) is 14.2. The third kappa shape index (κ3) is 3.49. The zero-order chi connectivity index (χ0) is 15.4. The number of carbonyl (C=O) groups excluding carboxylic acids is 1. The van der Waals surface area contributed by atoms with Crippen LogP contribution >= 0.6 is 0 Å². The average molecular weight is 302 g/mol. The van der Waals surface area contributed by atoms with Crippen LogP contribution in [0.15, 0.2) is 42.9 Å². The van der Waals surface area contributed by atoms with Gasteiger partial charge in [-0.2, -0.15) is 0 Å². The second-order valence-electron chi connectivity index (χ2n) is 4.96. The summed E-state index contributed by atoms with van der Waals surface area (Å²) < 4.78 is 18.5. The lowest BCUT2D eigenvalue weighted by Gasteiger charge is -2.17. The number of nitrogens with one attached hydrogen (secondary N) is 1. The van der Waals surface area contributed by atoms with Gasteiger partial charge in [0.15, 0.2) is 0 Å². The van der Waals surface area contributed by atoms with E-state index in [0.717, 1.165) is 6.42 Å². The van der Waals surface area contributed by atoms with Gasteiger partial charge in [-0.1, -0.05) is 0 Å². The molecule has 1 aromatic heterocycles. The Morgan fingerprint density at radius 1 is 1.32 bits per heavy atom. The van der Waals surface area contributed by atoms with Crippen molar-refractivity contribution in [2.45, 2.75) is 12.5 Å². The maximum Gasteiger partial charge on any atom is 0.321 e. The number of carbonyl (C=O) groups is 1. The molecule has 1 atom stereocenters. The Morgan fingerprint density at radius 2 is 2.14 bits per heavy atom. The van der Waals surface area contributed by atoms with Crippen LogP contribution in [0.5, 0.6) is 5.88 Å². The molecule has 1 aliphatic rings. The minimum atomic E-state index is -0.336. The first-order chi connectivity index (χ1) is 10.7. The largest absolute Gasteiger partial charge is 0.472 e. The number of amides is 2. The van der Waals surface area contributed by atoms with E-state index in [1.807, 2.05) is 0 Å². The molecule has 0 bridgehead atoms. The van der Waals surface area contributed by atoms with Crippen LogP contribution in [0.1, 0.15) is 6.42 Å². The van der Waals surface area contributed by atoms with Crippen molar-refractivity contribution in [1.82, 2.24) is 14.9 Å². The molecule has 2 aromatic rings. The highest BCUT2D eigenvalue weighted by atomic mass is 19.1. The van der Waals surface area contributed by atoms with Gasteiger partial charge in [-0.05, 0) is 24.3 Å². The highest BCUT2D eigenvalue weighted by Gasteiger charge is 2.27. The molecule has 7 heteroatoms. The molecule has 1 fully saturated rings. The van der Waals surface area contributed by atoms with E-state index in [1.165, 1.54) is 30.6 Å². The Kier molecular flexibility index (Phi) is 4.13. The number of benzene rings is 1. The minimum Gasteiger partial charge on any atom is -0.472 e. The summed E-state index contributed by atoms with van der Waals surface area (Å²) >= 11 is 0. The fourth-order valence-electron chi connectivity index (χ4n) is 2.26. The highest BCUT2D eigenvalue weighted by molar-refractivity contribution is 5.89. The maximum atomic E-state index is 12.8. The molecule has 1 saturated heterocycles. The number of urea groups is 1. The quantitative estimate of drug-likeness (QED) is 0.944. The van der Waals surface area contributed by atoms with Crippen LogP contribution in [0.2, 0.25) is 0 Å². The van der Waals surface area contributed by atoms with Crippen LogP contribution in [-0.2, 0) is 0 Å². The van der Waals surface area contributed by atoms with E-state index in [2.05, 4.69) is 15.3 Å². The van der Waals surface area contributed by atoms with Crippen molar-refractivity contribution >= 4 is 11.7 Å². The van der Waals surface area contributed by atoms with Gasteiger partial charge < -0.3 is 15.0 Å². The monoisotopic (exact) mass is 302 g/mol. The Balaban J connectivity index is 1.53. The van der Waals surface area contributed by atoms with Gasteiger partial charge in [-0.25, -0.2) is 19.2 Å². The molecule has 114 valence electrons. The van der Waals surface area contributed by atoms with Crippen molar-refractivity contribution < 1.29 is 13.9 Å². The van der Waals surface area contributed by atoms with Crippen LogP contribution in [0, 0.1) is 5.82 Å². The van der Waals surface area contributed by atoms with E-state index in [1.54, 1.807) is 17.2 Å². The van der Waals surface area contributed by atoms with Crippen molar-refractivity contribution in [3.8, 4) is 5.88 Å². The topological polar surface area (TPSA) is 67.4 Å². The average Bonchev–Trinajstić information content (AvgIpc) is 2.99. The molecule has 0 spiro atoms. The molecule has 1 aromatic carbocycles. The normalized spacial score (nSPS) is 17.3. The van der Waals surface area contributed by atoms with E-state index in [0.29, 0.717) is 24.7 Å². The van der Waals surface area contributed by atoms with E-state index < -0.39 is 0 Å². The lowest BCUT2D eigenvalue weighted by molar-refractivity contribution is 0.189. The van der Waals surface area contributed by atoms with Gasteiger partial charge >= 0.3 is 6.03 Å². The van der Waals surface area contributed by atoms with E-state index >= 15 is 0 Å². The van der Waals surface area contributed by atoms with Gasteiger partial charge in [0.1, 0.15) is 18.2 Å². The Hall–Kier alpha value is -2.70. The molecule has 0 saturated carbocycles. The van der Waals surface area contributed by atoms with Gasteiger partial charge in [0.25, 0.3) is 0 Å². The molecular weight excluding hydrogens is 287 g/mol.